The van der Waals surface area contributed by atoms with Crippen molar-refractivity contribution in [1.82, 2.24) is 0 Å². The Morgan fingerprint density at radius 2 is 2.25 bits per heavy atom. The molecule has 0 heterocycles. The summed E-state index contributed by atoms with van der Waals surface area (Å²) in [5.74, 6) is -1.19. The first-order valence-corrected chi connectivity index (χ1v) is 5.55. The summed E-state index contributed by atoms with van der Waals surface area (Å²) < 4.78 is 14.9. The first-order valence-electron chi connectivity index (χ1n) is 3.02. The van der Waals surface area contributed by atoms with Crippen LogP contribution >= 0.6 is 7.60 Å². The normalized spacial score (nSPS) is 18.2. The van der Waals surface area contributed by atoms with Crippen molar-refractivity contribution >= 4 is 29.9 Å². The van der Waals surface area contributed by atoms with E-state index in [0.29, 0.717) is 0 Å². The van der Waals surface area contributed by atoms with Crippen LogP contribution in [0, 0.1) is 0 Å². The Balaban J connectivity index is 3.83. The molecule has 0 rings (SSSR count). The van der Waals surface area contributed by atoms with E-state index in [9.17, 15) is 9.36 Å². The van der Waals surface area contributed by atoms with E-state index in [-0.39, 0.29) is 12.6 Å². The average molecular weight is 262 g/mol. The molecular weight excluding hydrogens is 252 g/mol. The van der Waals surface area contributed by atoms with Gasteiger partial charge < -0.3 is 0 Å². The second-order valence-electron chi connectivity index (χ2n) is 2.18. The minimum atomic E-state index is -3.64. The summed E-state index contributed by atoms with van der Waals surface area (Å²) in [5.41, 5.74) is 5.09. The quantitative estimate of drug-likeness (QED) is 0.424. The van der Waals surface area contributed by atoms with E-state index < -0.39 is 19.6 Å². The van der Waals surface area contributed by atoms with Gasteiger partial charge >= 0.3 is 77.2 Å². The molecule has 0 aromatic heterocycles. The van der Waals surface area contributed by atoms with Crippen LogP contribution in [0.3, 0.4) is 0 Å². The summed E-state index contributed by atoms with van der Waals surface area (Å²) in [6.07, 6.45) is -0.337. The zero-order valence-corrected chi connectivity index (χ0v) is 8.85. The van der Waals surface area contributed by atoms with Gasteiger partial charge in [-0.05, 0) is 0 Å². The van der Waals surface area contributed by atoms with E-state index in [4.69, 9.17) is 15.7 Å². The molecule has 0 amide bonds. The van der Waals surface area contributed by atoms with Gasteiger partial charge in [-0.25, -0.2) is 0 Å². The van der Waals surface area contributed by atoms with Crippen LogP contribution in [0.15, 0.2) is 0 Å². The molecule has 0 spiro atoms. The molecule has 0 aliphatic carbocycles. The summed E-state index contributed by atoms with van der Waals surface area (Å²) in [5, 5.41) is 8.31. The zero-order valence-electron chi connectivity index (χ0n) is 6.08. The Bertz CT molecular complexity index is 210. The summed E-state index contributed by atoms with van der Waals surface area (Å²) >= 11 is 1.51. The molecule has 0 aromatic carbocycles. The van der Waals surface area contributed by atoms with Gasteiger partial charge in [0.25, 0.3) is 0 Å². The third-order valence-electron chi connectivity index (χ3n) is 1.17. The fourth-order valence-electron chi connectivity index (χ4n) is 0.467. The maximum atomic E-state index is 10.8. The van der Waals surface area contributed by atoms with Crippen LogP contribution in [0.2, 0.25) is 0 Å². The van der Waals surface area contributed by atoms with E-state index in [1.54, 1.807) is 0 Å². The van der Waals surface area contributed by atoms with Crippen LogP contribution in [0.4, 0.5) is 0 Å². The number of nitrogens with two attached hydrogens (primary N) is 1. The molecule has 0 radical (unpaired) electrons. The molecule has 72 valence electrons. The van der Waals surface area contributed by atoms with Crippen molar-refractivity contribution in [3.63, 3.8) is 0 Å². The fraction of sp³-hybridized carbons (Fsp3) is 0.750. The van der Waals surface area contributed by atoms with Gasteiger partial charge in [-0.3, -0.25) is 0 Å². The third kappa shape index (κ3) is 4.87. The van der Waals surface area contributed by atoms with Crippen molar-refractivity contribution in [1.29, 1.82) is 0 Å². The van der Waals surface area contributed by atoms with Crippen molar-refractivity contribution in [2.45, 2.75) is 12.5 Å². The summed E-state index contributed by atoms with van der Waals surface area (Å²) in [4.78, 5) is 19.0. The van der Waals surface area contributed by atoms with Gasteiger partial charge in [0, 0.05) is 0 Å². The van der Waals surface area contributed by atoms with Gasteiger partial charge in [0.2, 0.25) is 0 Å². The monoisotopic (exact) mass is 263 g/mol. The molecule has 2 unspecified atom stereocenters. The van der Waals surface area contributed by atoms with Crippen LogP contribution in [0.5, 0.6) is 0 Å². The van der Waals surface area contributed by atoms with Crippen LogP contribution in [-0.4, -0.2) is 44.5 Å². The van der Waals surface area contributed by atoms with Crippen LogP contribution in [0.1, 0.15) is 6.42 Å². The van der Waals surface area contributed by atoms with E-state index in [1.165, 1.54) is 16.3 Å². The number of carbonyl (C=O) groups is 1. The molecule has 8 heteroatoms. The molecule has 6 nitrogen and oxygen atoms in total. The average Bonchev–Trinajstić information content (AvgIpc) is 2.00. The fourth-order valence-corrected chi connectivity index (χ4v) is 1.67. The summed E-state index contributed by atoms with van der Waals surface area (Å²) in [7, 11) is -3.64. The number of carboxylic acid groups (broad SMARTS) is 1. The SMILES string of the molecule is NC(CCP(=O)(O)O[SeH])C(=O)O. The van der Waals surface area contributed by atoms with E-state index in [0.717, 1.165) is 0 Å². The summed E-state index contributed by atoms with van der Waals surface area (Å²) in [6.45, 7) is 0. The molecule has 12 heavy (non-hydrogen) atoms. The topological polar surface area (TPSA) is 110 Å². The molecule has 0 aliphatic rings. The number of hydrogen-bond acceptors (Lipinski definition) is 4. The Labute approximate surface area is 77.8 Å². The Hall–Kier alpha value is 0.0995. The number of carboxylic acids is 1. The van der Waals surface area contributed by atoms with Crippen molar-refractivity contribution in [2.24, 2.45) is 5.73 Å². The number of rotatable bonds is 5. The Kier molecular flexibility index (Phi) is 5.01. The van der Waals surface area contributed by atoms with Crippen LogP contribution < -0.4 is 5.73 Å². The second kappa shape index (κ2) is 4.97. The van der Waals surface area contributed by atoms with Crippen LogP contribution in [0.25, 0.3) is 0 Å². The molecular formula is C4H10NO5PSe. The molecule has 0 aromatic rings. The first-order chi connectivity index (χ1) is 5.39. The van der Waals surface area contributed by atoms with Gasteiger partial charge in [0.1, 0.15) is 0 Å². The molecule has 0 fully saturated rings. The molecule has 0 bridgehead atoms. The predicted molar refractivity (Wildman–Crippen MR) is 43.2 cm³/mol. The minimum absolute atomic E-state index is 0.0825. The number of aliphatic carboxylic acids is 1. The van der Waals surface area contributed by atoms with E-state index >= 15 is 0 Å². The summed E-state index contributed by atoms with van der Waals surface area (Å²) in [6, 6.07) is -1.12. The Morgan fingerprint density at radius 1 is 1.75 bits per heavy atom. The molecule has 4 N–H and O–H groups in total. The van der Waals surface area contributed by atoms with Gasteiger partial charge in [0.05, 0.1) is 0 Å². The maximum absolute atomic E-state index is 10.8. The molecule has 0 saturated heterocycles. The van der Waals surface area contributed by atoms with Gasteiger partial charge in [0.15, 0.2) is 0 Å². The van der Waals surface area contributed by atoms with Crippen molar-refractivity contribution in [2.75, 3.05) is 6.16 Å². The van der Waals surface area contributed by atoms with Crippen molar-refractivity contribution < 1.29 is 23.0 Å². The van der Waals surface area contributed by atoms with E-state index in [2.05, 4.69) is 3.61 Å². The first kappa shape index (κ1) is 12.1. The van der Waals surface area contributed by atoms with Crippen molar-refractivity contribution in [3.8, 4) is 0 Å². The standard InChI is InChI=1S/C4H10NO5PSe/c5-3(4(6)7)1-2-11(8,9)10-12/h3,12H,1-2,5H2,(H,6,7)(H,8,9). The van der Waals surface area contributed by atoms with Crippen molar-refractivity contribution in [3.05, 3.63) is 0 Å². The zero-order chi connectivity index (χ0) is 9.78. The van der Waals surface area contributed by atoms with Crippen LogP contribution in [-0.2, 0) is 13.0 Å². The van der Waals surface area contributed by atoms with Gasteiger partial charge in [-0.2, -0.15) is 0 Å². The molecule has 2 atom stereocenters. The van der Waals surface area contributed by atoms with Gasteiger partial charge in [-0.15, -0.1) is 0 Å². The molecule has 0 saturated carbocycles. The third-order valence-corrected chi connectivity index (χ3v) is 3.85. The number of hydrogen-bond donors (Lipinski definition) is 3. The predicted octanol–water partition coefficient (Wildman–Crippen LogP) is -1.19. The van der Waals surface area contributed by atoms with Gasteiger partial charge in [-0.1, -0.05) is 0 Å². The molecule has 0 aliphatic heterocycles. The Morgan fingerprint density at radius 3 is 2.58 bits per heavy atom. The second-order valence-corrected chi connectivity index (χ2v) is 5.09. The van der Waals surface area contributed by atoms with E-state index in [1.807, 2.05) is 0 Å².